The minimum Gasteiger partial charge on any atom is -0.497 e. The Balaban J connectivity index is 1.94. The van der Waals surface area contributed by atoms with E-state index in [1.807, 2.05) is 0 Å². The second-order valence-electron chi connectivity index (χ2n) is 7.38. The summed E-state index contributed by atoms with van der Waals surface area (Å²) in [5, 5.41) is 5.87. The molecular weight excluding hydrogens is 443 g/mol. The van der Waals surface area contributed by atoms with E-state index < -0.39 is 23.8 Å². The predicted molar refractivity (Wildman–Crippen MR) is 123 cm³/mol. The first-order valence-electron chi connectivity index (χ1n) is 10.5. The fourth-order valence-electron chi connectivity index (χ4n) is 3.85. The van der Waals surface area contributed by atoms with Gasteiger partial charge in [-0.25, -0.2) is 19.0 Å². The Kier molecular flexibility index (Phi) is 6.31. The van der Waals surface area contributed by atoms with Gasteiger partial charge in [0, 0.05) is 0 Å². The van der Waals surface area contributed by atoms with Crippen molar-refractivity contribution in [1.82, 2.24) is 4.90 Å². The van der Waals surface area contributed by atoms with Gasteiger partial charge in [0.25, 0.3) is 0 Å². The smallest absolute Gasteiger partial charge is 0.376 e. The highest BCUT2D eigenvalue weighted by atomic mass is 19.1. The summed E-state index contributed by atoms with van der Waals surface area (Å²) in [7, 11) is 2.81. The van der Waals surface area contributed by atoms with Crippen molar-refractivity contribution < 1.29 is 28.2 Å². The van der Waals surface area contributed by atoms with Crippen LogP contribution in [-0.2, 0) is 19.1 Å². The average Bonchev–Trinajstić information content (AvgIpc) is 3.22. The molecule has 2 aliphatic rings. The number of carbonyl (C=O) groups excluding carboxylic acids is 2. The van der Waals surface area contributed by atoms with Crippen LogP contribution in [0.5, 0.6) is 5.75 Å². The lowest BCUT2D eigenvalue weighted by Crippen LogP contribution is -2.47. The number of rotatable bonds is 6. The summed E-state index contributed by atoms with van der Waals surface area (Å²) in [5.41, 5.74) is 1.74. The molecule has 0 saturated heterocycles. The number of fused-ring (bicyclic) bond motifs is 1. The highest BCUT2D eigenvalue weighted by Gasteiger charge is 2.47. The first-order valence-corrected chi connectivity index (χ1v) is 10.5. The van der Waals surface area contributed by atoms with Crippen molar-refractivity contribution in [3.63, 3.8) is 0 Å². The third-order valence-corrected chi connectivity index (χ3v) is 5.36. The van der Waals surface area contributed by atoms with Crippen LogP contribution in [-0.4, -0.2) is 49.5 Å². The molecule has 9 nitrogen and oxygen atoms in total. The fourth-order valence-corrected chi connectivity index (χ4v) is 3.85. The summed E-state index contributed by atoms with van der Waals surface area (Å²) < 4.78 is 29.2. The van der Waals surface area contributed by atoms with E-state index in [0.717, 1.165) is 0 Å². The Morgan fingerprint density at radius 3 is 2.47 bits per heavy atom. The van der Waals surface area contributed by atoms with Crippen LogP contribution in [0.1, 0.15) is 25.5 Å². The number of nitrogens with zero attached hydrogens (tertiary/aromatic N) is 4. The highest BCUT2D eigenvalue weighted by molar-refractivity contribution is 6.41. The van der Waals surface area contributed by atoms with Gasteiger partial charge in [-0.05, 0) is 55.8 Å². The van der Waals surface area contributed by atoms with Crippen LogP contribution in [0.15, 0.2) is 69.9 Å². The number of aliphatic imine (C=N–C) groups is 1. The van der Waals surface area contributed by atoms with Gasteiger partial charge in [0.2, 0.25) is 11.8 Å². The Morgan fingerprint density at radius 2 is 1.82 bits per heavy atom. The zero-order chi connectivity index (χ0) is 24.4. The molecule has 0 radical (unpaired) electrons. The largest absolute Gasteiger partial charge is 0.497 e. The van der Waals surface area contributed by atoms with E-state index >= 15 is 0 Å². The summed E-state index contributed by atoms with van der Waals surface area (Å²) in [4.78, 5) is 32.0. The number of hydrazone groups is 1. The molecule has 10 heteroatoms. The van der Waals surface area contributed by atoms with Crippen molar-refractivity contribution in [3.8, 4) is 5.75 Å². The highest BCUT2D eigenvalue weighted by Crippen LogP contribution is 2.40. The second-order valence-corrected chi connectivity index (χ2v) is 7.38. The maximum Gasteiger partial charge on any atom is 0.376 e. The van der Waals surface area contributed by atoms with Crippen molar-refractivity contribution in [2.75, 3.05) is 25.8 Å². The van der Waals surface area contributed by atoms with Crippen molar-refractivity contribution in [2.24, 2.45) is 10.1 Å². The number of halogens is 1. The van der Waals surface area contributed by atoms with Crippen molar-refractivity contribution >= 4 is 29.4 Å². The molecule has 176 valence electrons. The number of ether oxygens (including phenoxy) is 3. The SMILES string of the molecule is CCOC(=O)C1=NN(c2ccc(F)cc2)C2=NC(C)=C(C(=O)OC)C(c3cccc(OC)c3)N12. The average molecular weight is 466 g/mol. The first-order chi connectivity index (χ1) is 16.4. The molecule has 0 N–H and O–H groups in total. The fraction of sp³-hybridized carbons (Fsp3) is 0.250. The predicted octanol–water partition coefficient (Wildman–Crippen LogP) is 3.39. The number of methoxy groups -OCH3 is 2. The van der Waals surface area contributed by atoms with E-state index in [1.165, 1.54) is 48.4 Å². The quantitative estimate of drug-likeness (QED) is 0.603. The van der Waals surface area contributed by atoms with Gasteiger partial charge in [0.05, 0.1) is 43.8 Å². The standard InChI is InChI=1S/C24H23FN4O5/c1-5-34-23(31)21-27-29(17-11-9-16(25)10-12-17)24-26-14(2)19(22(30)33-4)20(28(21)24)15-7-6-8-18(13-15)32-3/h6-13,20H,5H2,1-4H3. The lowest BCUT2D eigenvalue weighted by Gasteiger charge is -2.35. The second kappa shape index (κ2) is 9.34. The van der Waals surface area contributed by atoms with Gasteiger partial charge < -0.3 is 14.2 Å². The molecule has 4 rings (SSSR count). The van der Waals surface area contributed by atoms with Crippen LogP contribution in [0.4, 0.5) is 10.1 Å². The van der Waals surface area contributed by atoms with E-state index in [-0.39, 0.29) is 24.0 Å². The number of guanidine groups is 1. The Labute approximate surface area is 195 Å². The molecule has 2 aliphatic heterocycles. The minimum atomic E-state index is -0.816. The number of carbonyl (C=O) groups is 2. The van der Waals surface area contributed by atoms with E-state index in [4.69, 9.17) is 14.2 Å². The molecule has 2 aromatic rings. The zero-order valence-corrected chi connectivity index (χ0v) is 19.1. The summed E-state index contributed by atoms with van der Waals surface area (Å²) in [6, 6.07) is 11.9. The van der Waals surface area contributed by atoms with Crippen molar-refractivity contribution in [2.45, 2.75) is 19.9 Å². The third kappa shape index (κ3) is 3.98. The molecule has 0 aromatic heterocycles. The number of amidine groups is 1. The van der Waals surface area contributed by atoms with Crippen molar-refractivity contribution in [3.05, 3.63) is 71.2 Å². The normalized spacial score (nSPS) is 17.1. The van der Waals surface area contributed by atoms with E-state index in [0.29, 0.717) is 22.7 Å². The Hall–Kier alpha value is -4.21. The molecule has 2 heterocycles. The molecule has 2 aromatic carbocycles. The van der Waals surface area contributed by atoms with Gasteiger partial charge in [-0.3, -0.25) is 4.90 Å². The van der Waals surface area contributed by atoms with Gasteiger partial charge >= 0.3 is 11.9 Å². The van der Waals surface area contributed by atoms with Gasteiger partial charge in [-0.2, -0.15) is 5.01 Å². The van der Waals surface area contributed by atoms with E-state index in [1.54, 1.807) is 38.1 Å². The number of hydrogen-bond acceptors (Lipinski definition) is 9. The number of esters is 2. The molecule has 0 bridgehead atoms. The Bertz CT molecular complexity index is 1220. The topological polar surface area (TPSA) is 93.0 Å². The van der Waals surface area contributed by atoms with Gasteiger partial charge in [0.1, 0.15) is 11.6 Å². The molecule has 34 heavy (non-hydrogen) atoms. The minimum absolute atomic E-state index is 0.0772. The molecule has 0 saturated carbocycles. The molecule has 1 atom stereocenters. The molecule has 0 amide bonds. The van der Waals surface area contributed by atoms with E-state index in [9.17, 15) is 14.0 Å². The van der Waals surface area contributed by atoms with Crippen molar-refractivity contribution in [1.29, 1.82) is 0 Å². The Morgan fingerprint density at radius 1 is 1.09 bits per heavy atom. The van der Waals surface area contributed by atoms with Crippen LogP contribution < -0.4 is 9.75 Å². The number of benzene rings is 2. The van der Waals surface area contributed by atoms with Gasteiger partial charge in [-0.15, -0.1) is 5.10 Å². The molecule has 0 spiro atoms. The summed E-state index contributed by atoms with van der Waals surface area (Å²) in [5.74, 6) is -0.974. The van der Waals surface area contributed by atoms with Gasteiger partial charge in [0.15, 0.2) is 0 Å². The maximum atomic E-state index is 13.6. The third-order valence-electron chi connectivity index (χ3n) is 5.36. The van der Waals surface area contributed by atoms with Gasteiger partial charge in [-0.1, -0.05) is 12.1 Å². The molecule has 1 unspecified atom stereocenters. The molecule has 0 fully saturated rings. The summed E-state index contributed by atoms with van der Waals surface area (Å²) >= 11 is 0. The van der Waals surface area contributed by atoms with Crippen LogP contribution in [0, 0.1) is 5.82 Å². The number of hydrogen-bond donors (Lipinski definition) is 0. The number of allylic oxidation sites excluding steroid dienone is 1. The lowest BCUT2D eigenvalue weighted by molar-refractivity contribution is -0.138. The summed E-state index contributed by atoms with van der Waals surface area (Å²) in [6.45, 7) is 3.48. The van der Waals surface area contributed by atoms with Crippen LogP contribution in [0.3, 0.4) is 0 Å². The number of anilines is 1. The first kappa shape index (κ1) is 23.0. The van der Waals surface area contributed by atoms with Crippen LogP contribution in [0.2, 0.25) is 0 Å². The molecular formula is C24H23FN4O5. The van der Waals surface area contributed by atoms with E-state index in [2.05, 4.69) is 10.1 Å². The summed E-state index contributed by atoms with van der Waals surface area (Å²) in [6.07, 6.45) is 0. The molecule has 0 aliphatic carbocycles. The zero-order valence-electron chi connectivity index (χ0n) is 19.1. The lowest BCUT2D eigenvalue weighted by atomic mass is 9.94. The van der Waals surface area contributed by atoms with Crippen LogP contribution in [0.25, 0.3) is 0 Å². The maximum absolute atomic E-state index is 13.6. The van der Waals surface area contributed by atoms with Crippen LogP contribution >= 0.6 is 0 Å². The monoisotopic (exact) mass is 466 g/mol.